The van der Waals surface area contributed by atoms with Crippen LogP contribution in [0.25, 0.3) is 0 Å². The monoisotopic (exact) mass is 264 g/mol. The van der Waals surface area contributed by atoms with Crippen LogP contribution in [0.4, 0.5) is 5.69 Å². The van der Waals surface area contributed by atoms with E-state index in [2.05, 4.69) is 0 Å². The minimum atomic E-state index is -0.446. The van der Waals surface area contributed by atoms with Crippen LogP contribution in [0.5, 0.6) is 0 Å². The summed E-state index contributed by atoms with van der Waals surface area (Å²) in [5, 5.41) is 11.1. The summed E-state index contributed by atoms with van der Waals surface area (Å²) >= 11 is 5.93. The molecule has 0 saturated heterocycles. The third-order valence-corrected chi connectivity index (χ3v) is 2.53. The van der Waals surface area contributed by atoms with Crippen molar-refractivity contribution in [2.24, 2.45) is 5.73 Å². The van der Waals surface area contributed by atoms with Gasteiger partial charge in [-0.2, -0.15) is 0 Å². The van der Waals surface area contributed by atoms with E-state index < -0.39 is 4.92 Å². The zero-order valence-electron chi connectivity index (χ0n) is 8.85. The number of hydrogen-bond acceptors (Lipinski definition) is 3. The van der Waals surface area contributed by atoms with E-state index in [1.54, 1.807) is 0 Å². The Balaban J connectivity index is 0.00000225. The number of rotatable bonds is 4. The second-order valence-corrected chi connectivity index (χ2v) is 3.77. The highest BCUT2D eigenvalue weighted by Gasteiger charge is 2.14. The molecular formula is C10H14Cl2N2O2. The van der Waals surface area contributed by atoms with E-state index in [0.29, 0.717) is 10.6 Å². The van der Waals surface area contributed by atoms with E-state index in [0.717, 1.165) is 12.8 Å². The van der Waals surface area contributed by atoms with Crippen molar-refractivity contribution in [2.75, 3.05) is 0 Å². The van der Waals surface area contributed by atoms with Gasteiger partial charge in [0, 0.05) is 23.2 Å². The molecule has 0 unspecified atom stereocenters. The lowest BCUT2D eigenvalue weighted by Gasteiger charge is -2.11. The van der Waals surface area contributed by atoms with Crippen LogP contribution < -0.4 is 5.73 Å². The molecule has 0 aromatic heterocycles. The Labute approximate surface area is 105 Å². The SMILES string of the molecule is CCC[C@H](N)c1cc([N+](=O)[O-])ccc1Cl.Cl. The Kier molecular flexibility index (Phi) is 6.33. The van der Waals surface area contributed by atoms with Gasteiger partial charge in [0.25, 0.3) is 5.69 Å². The van der Waals surface area contributed by atoms with Crippen molar-refractivity contribution in [1.82, 2.24) is 0 Å². The van der Waals surface area contributed by atoms with E-state index in [1.807, 2.05) is 6.92 Å². The second kappa shape index (κ2) is 6.68. The minimum Gasteiger partial charge on any atom is -0.324 e. The summed E-state index contributed by atoms with van der Waals surface area (Å²) in [7, 11) is 0. The second-order valence-electron chi connectivity index (χ2n) is 3.36. The number of nitro benzene ring substituents is 1. The molecule has 1 aromatic carbocycles. The number of nitrogens with zero attached hydrogens (tertiary/aromatic N) is 1. The maximum atomic E-state index is 10.6. The van der Waals surface area contributed by atoms with Gasteiger partial charge in [0.15, 0.2) is 0 Å². The highest BCUT2D eigenvalue weighted by atomic mass is 35.5. The molecule has 0 aliphatic rings. The highest BCUT2D eigenvalue weighted by molar-refractivity contribution is 6.31. The molecule has 0 spiro atoms. The van der Waals surface area contributed by atoms with E-state index in [1.165, 1.54) is 18.2 Å². The van der Waals surface area contributed by atoms with Crippen molar-refractivity contribution in [3.8, 4) is 0 Å². The average Bonchev–Trinajstić information content (AvgIpc) is 2.18. The molecular weight excluding hydrogens is 251 g/mol. The first-order valence-corrected chi connectivity index (χ1v) is 5.13. The first-order valence-electron chi connectivity index (χ1n) is 4.75. The molecule has 0 saturated carbocycles. The number of non-ortho nitro benzene ring substituents is 1. The smallest absolute Gasteiger partial charge is 0.269 e. The van der Waals surface area contributed by atoms with Crippen molar-refractivity contribution in [3.63, 3.8) is 0 Å². The molecule has 0 fully saturated rings. The number of nitro groups is 1. The summed E-state index contributed by atoms with van der Waals surface area (Å²) in [4.78, 5) is 10.1. The van der Waals surface area contributed by atoms with Crippen LogP contribution in [0, 0.1) is 10.1 Å². The minimum absolute atomic E-state index is 0. The predicted octanol–water partition coefficient (Wildman–Crippen LogP) is 3.47. The zero-order chi connectivity index (χ0) is 11.4. The molecule has 0 amide bonds. The van der Waals surface area contributed by atoms with Gasteiger partial charge in [0.1, 0.15) is 0 Å². The van der Waals surface area contributed by atoms with Gasteiger partial charge in [0.2, 0.25) is 0 Å². The number of nitrogens with two attached hydrogens (primary N) is 1. The summed E-state index contributed by atoms with van der Waals surface area (Å²) in [6.07, 6.45) is 1.68. The Bertz CT molecular complexity index is 372. The fourth-order valence-corrected chi connectivity index (χ4v) is 1.65. The fourth-order valence-electron chi connectivity index (χ4n) is 1.40. The van der Waals surface area contributed by atoms with E-state index in [4.69, 9.17) is 17.3 Å². The molecule has 1 atom stereocenters. The highest BCUT2D eigenvalue weighted by Crippen LogP contribution is 2.28. The van der Waals surface area contributed by atoms with Crippen LogP contribution in [0.2, 0.25) is 5.02 Å². The molecule has 2 N–H and O–H groups in total. The third kappa shape index (κ3) is 3.63. The lowest BCUT2D eigenvalue weighted by molar-refractivity contribution is -0.384. The lowest BCUT2D eigenvalue weighted by Crippen LogP contribution is -2.10. The first kappa shape index (κ1) is 15.2. The van der Waals surface area contributed by atoms with Crippen molar-refractivity contribution in [2.45, 2.75) is 25.8 Å². The van der Waals surface area contributed by atoms with Crippen LogP contribution in [-0.2, 0) is 0 Å². The summed E-state index contributed by atoms with van der Waals surface area (Å²) < 4.78 is 0. The summed E-state index contributed by atoms with van der Waals surface area (Å²) in [5.41, 5.74) is 6.54. The van der Waals surface area contributed by atoms with Crippen molar-refractivity contribution in [1.29, 1.82) is 0 Å². The Hall–Kier alpha value is -0.840. The Morgan fingerprint density at radius 3 is 2.69 bits per heavy atom. The normalized spacial score (nSPS) is 11.7. The van der Waals surface area contributed by atoms with Gasteiger partial charge in [0.05, 0.1) is 4.92 Å². The number of benzene rings is 1. The van der Waals surface area contributed by atoms with E-state index >= 15 is 0 Å². The zero-order valence-corrected chi connectivity index (χ0v) is 10.4. The van der Waals surface area contributed by atoms with Crippen LogP contribution in [0.3, 0.4) is 0 Å². The van der Waals surface area contributed by atoms with Crippen LogP contribution in [0.1, 0.15) is 31.4 Å². The van der Waals surface area contributed by atoms with Gasteiger partial charge in [-0.25, -0.2) is 0 Å². The maximum Gasteiger partial charge on any atom is 0.269 e. The Morgan fingerprint density at radius 1 is 1.56 bits per heavy atom. The third-order valence-electron chi connectivity index (χ3n) is 2.19. The van der Waals surface area contributed by atoms with Crippen LogP contribution in [-0.4, -0.2) is 4.92 Å². The summed E-state index contributed by atoms with van der Waals surface area (Å²) in [5.74, 6) is 0. The van der Waals surface area contributed by atoms with Gasteiger partial charge >= 0.3 is 0 Å². The van der Waals surface area contributed by atoms with Gasteiger partial charge in [-0.1, -0.05) is 24.9 Å². The standard InChI is InChI=1S/C10H13ClN2O2.ClH/c1-2-3-10(12)8-6-7(13(14)15)4-5-9(8)11;/h4-6,10H,2-3,12H2,1H3;1H/t10-;/m0./s1. The van der Waals surface area contributed by atoms with Gasteiger partial charge < -0.3 is 5.73 Å². The van der Waals surface area contributed by atoms with E-state index in [-0.39, 0.29) is 24.1 Å². The molecule has 1 aromatic rings. The molecule has 0 aliphatic carbocycles. The van der Waals surface area contributed by atoms with Gasteiger partial charge in [-0.05, 0) is 18.1 Å². The first-order chi connectivity index (χ1) is 7.06. The molecule has 0 aliphatic heterocycles. The van der Waals surface area contributed by atoms with Crippen molar-refractivity contribution >= 4 is 29.7 Å². The molecule has 0 bridgehead atoms. The molecule has 90 valence electrons. The van der Waals surface area contributed by atoms with Gasteiger partial charge in [-0.3, -0.25) is 10.1 Å². The van der Waals surface area contributed by atoms with Crippen molar-refractivity contribution < 1.29 is 4.92 Å². The summed E-state index contributed by atoms with van der Waals surface area (Å²) in [6, 6.07) is 4.11. The molecule has 4 nitrogen and oxygen atoms in total. The van der Waals surface area contributed by atoms with Crippen LogP contribution >= 0.6 is 24.0 Å². The largest absolute Gasteiger partial charge is 0.324 e. The average molecular weight is 265 g/mol. The predicted molar refractivity (Wildman–Crippen MR) is 67.2 cm³/mol. The summed E-state index contributed by atoms with van der Waals surface area (Å²) in [6.45, 7) is 2.01. The van der Waals surface area contributed by atoms with E-state index in [9.17, 15) is 10.1 Å². The molecule has 0 radical (unpaired) electrons. The molecule has 6 heteroatoms. The topological polar surface area (TPSA) is 69.2 Å². The maximum absolute atomic E-state index is 10.6. The molecule has 1 rings (SSSR count). The van der Waals surface area contributed by atoms with Gasteiger partial charge in [-0.15, -0.1) is 12.4 Å². The molecule has 0 heterocycles. The van der Waals surface area contributed by atoms with Crippen LogP contribution in [0.15, 0.2) is 18.2 Å². The quantitative estimate of drug-likeness (QED) is 0.669. The molecule has 16 heavy (non-hydrogen) atoms. The lowest BCUT2D eigenvalue weighted by atomic mass is 10.0. The Morgan fingerprint density at radius 2 is 2.19 bits per heavy atom. The van der Waals surface area contributed by atoms with Crippen molar-refractivity contribution in [3.05, 3.63) is 38.9 Å². The number of halogens is 2. The number of hydrogen-bond donors (Lipinski definition) is 1. The fraction of sp³-hybridized carbons (Fsp3) is 0.400.